The van der Waals surface area contributed by atoms with Gasteiger partial charge in [0.05, 0.1) is 18.5 Å². The number of hydrogen-bond acceptors (Lipinski definition) is 8. The van der Waals surface area contributed by atoms with E-state index in [-0.39, 0.29) is 28.5 Å². The monoisotopic (exact) mass is 293 g/mol. The summed E-state index contributed by atoms with van der Waals surface area (Å²) in [5.74, 6) is -3.10. The van der Waals surface area contributed by atoms with Gasteiger partial charge in [0.25, 0.3) is 0 Å². The Bertz CT molecular complexity index is 696. The van der Waals surface area contributed by atoms with Gasteiger partial charge in [-0.15, -0.1) is 0 Å². The molecule has 0 spiro atoms. The molecule has 8 heteroatoms. The van der Waals surface area contributed by atoms with Crippen LogP contribution < -0.4 is 19.9 Å². The second-order valence-electron chi connectivity index (χ2n) is 4.97. The topological polar surface area (TPSA) is 125 Å². The maximum absolute atomic E-state index is 12.1. The maximum Gasteiger partial charge on any atom is 0.344 e. The van der Waals surface area contributed by atoms with Crippen molar-refractivity contribution in [2.45, 2.75) is 25.4 Å². The third-order valence-electron chi connectivity index (χ3n) is 3.35. The number of hydrogen-bond donors (Lipinski definition) is 2. The maximum atomic E-state index is 12.1. The summed E-state index contributed by atoms with van der Waals surface area (Å²) >= 11 is 0. The minimum atomic E-state index is -2.33. The predicted molar refractivity (Wildman–Crippen MR) is 66.7 cm³/mol. The summed E-state index contributed by atoms with van der Waals surface area (Å²) in [5, 5.41) is 10.2. The lowest BCUT2D eigenvalue weighted by Gasteiger charge is -2.26. The first kappa shape index (κ1) is 13.4. The van der Waals surface area contributed by atoms with Crippen LogP contribution in [-0.4, -0.2) is 28.6 Å². The second-order valence-corrected chi connectivity index (χ2v) is 4.97. The van der Waals surface area contributed by atoms with Gasteiger partial charge in [0.2, 0.25) is 0 Å². The van der Waals surface area contributed by atoms with E-state index in [4.69, 9.17) is 19.9 Å². The molecule has 1 unspecified atom stereocenters. The quantitative estimate of drug-likeness (QED) is 0.384. The SMILES string of the molecule is Cc1c2cc(N)c3c1OC(=O)C(O)(CC(=O)O2)CC(=O)O3. The van der Waals surface area contributed by atoms with E-state index in [0.717, 1.165) is 0 Å². The number of aliphatic hydroxyl groups is 1. The Morgan fingerprint density at radius 1 is 1.10 bits per heavy atom. The molecule has 3 rings (SSSR count). The summed E-state index contributed by atoms with van der Waals surface area (Å²) in [6.07, 6.45) is -1.46. The van der Waals surface area contributed by atoms with Gasteiger partial charge in [-0.1, -0.05) is 0 Å². The van der Waals surface area contributed by atoms with Crippen LogP contribution in [0.25, 0.3) is 0 Å². The summed E-state index contributed by atoms with van der Waals surface area (Å²) < 4.78 is 15.2. The molecule has 0 amide bonds. The number of fused-ring (bicyclic) bond motifs is 3. The summed E-state index contributed by atoms with van der Waals surface area (Å²) in [7, 11) is 0. The average Bonchev–Trinajstić information content (AvgIpc) is 2.38. The Hall–Kier alpha value is -2.61. The van der Waals surface area contributed by atoms with E-state index < -0.39 is 36.4 Å². The number of carbonyl (C=O) groups excluding carboxylic acids is 3. The third kappa shape index (κ3) is 2.00. The van der Waals surface area contributed by atoms with E-state index in [1.165, 1.54) is 13.0 Å². The first-order chi connectivity index (χ1) is 9.80. The molecule has 1 aromatic carbocycles. The van der Waals surface area contributed by atoms with Crippen LogP contribution in [0.1, 0.15) is 18.4 Å². The lowest BCUT2D eigenvalue weighted by molar-refractivity contribution is -0.168. The second kappa shape index (κ2) is 4.19. The normalized spacial score (nSPS) is 24.2. The van der Waals surface area contributed by atoms with Gasteiger partial charge >= 0.3 is 17.9 Å². The van der Waals surface area contributed by atoms with Crippen LogP contribution in [0, 0.1) is 6.92 Å². The highest BCUT2D eigenvalue weighted by atomic mass is 16.6. The number of benzene rings is 1. The molecule has 2 aliphatic rings. The molecule has 110 valence electrons. The summed E-state index contributed by atoms with van der Waals surface area (Å²) in [6, 6.07) is 1.29. The van der Waals surface area contributed by atoms with Crippen molar-refractivity contribution in [1.29, 1.82) is 0 Å². The van der Waals surface area contributed by atoms with Crippen LogP contribution in [0.4, 0.5) is 5.69 Å². The fourth-order valence-corrected chi connectivity index (χ4v) is 2.24. The molecule has 0 radical (unpaired) electrons. The van der Waals surface area contributed by atoms with E-state index in [2.05, 4.69) is 0 Å². The third-order valence-corrected chi connectivity index (χ3v) is 3.35. The summed E-state index contributed by atoms with van der Waals surface area (Å²) in [5.41, 5.74) is 3.65. The zero-order chi connectivity index (χ0) is 15.4. The number of carbonyl (C=O) groups is 3. The largest absolute Gasteiger partial charge is 0.426 e. The molecule has 0 saturated carbocycles. The van der Waals surface area contributed by atoms with Crippen LogP contribution in [0.3, 0.4) is 0 Å². The molecule has 3 N–H and O–H groups in total. The fourth-order valence-electron chi connectivity index (χ4n) is 2.24. The molecule has 0 aromatic heterocycles. The molecule has 1 aromatic rings. The van der Waals surface area contributed by atoms with Gasteiger partial charge in [-0.3, -0.25) is 9.59 Å². The molecule has 8 nitrogen and oxygen atoms in total. The molecule has 0 fully saturated rings. The van der Waals surface area contributed by atoms with Crippen LogP contribution in [0.15, 0.2) is 6.07 Å². The van der Waals surface area contributed by atoms with Crippen molar-refractivity contribution in [1.82, 2.24) is 0 Å². The first-order valence-electron chi connectivity index (χ1n) is 6.09. The fraction of sp³-hybridized carbons (Fsp3) is 0.308. The number of rotatable bonds is 0. The molecule has 3 bridgehead atoms. The van der Waals surface area contributed by atoms with Crippen LogP contribution in [0.2, 0.25) is 0 Å². The molecule has 1 atom stereocenters. The van der Waals surface area contributed by atoms with Crippen LogP contribution in [-0.2, 0) is 14.4 Å². The zero-order valence-corrected chi connectivity index (χ0v) is 11.0. The van der Waals surface area contributed by atoms with Crippen molar-refractivity contribution in [3.8, 4) is 17.2 Å². The highest BCUT2D eigenvalue weighted by molar-refractivity contribution is 5.95. The molecule has 0 aliphatic carbocycles. The van der Waals surface area contributed by atoms with Crippen molar-refractivity contribution < 1.29 is 33.7 Å². The minimum Gasteiger partial charge on any atom is -0.426 e. The lowest BCUT2D eigenvalue weighted by Crippen LogP contribution is -2.47. The zero-order valence-electron chi connectivity index (χ0n) is 11.0. The number of esters is 3. The van der Waals surface area contributed by atoms with Gasteiger partial charge < -0.3 is 25.1 Å². The summed E-state index contributed by atoms with van der Waals surface area (Å²) in [6.45, 7) is 1.51. The molecule has 2 heterocycles. The standard InChI is InChI=1S/C13H11NO7/c1-5-7-2-6(14)11-10(5)21-12(17)13(18,3-8(15)19-7)4-9(16)20-11/h2,18H,3-4,14H2,1H3. The van der Waals surface area contributed by atoms with Crippen LogP contribution >= 0.6 is 0 Å². The number of nitrogens with two attached hydrogens (primary N) is 1. The number of ether oxygens (including phenoxy) is 3. The van der Waals surface area contributed by atoms with E-state index >= 15 is 0 Å². The molecule has 21 heavy (non-hydrogen) atoms. The van der Waals surface area contributed by atoms with Crippen molar-refractivity contribution in [3.05, 3.63) is 11.6 Å². The molecule has 2 aliphatic heterocycles. The van der Waals surface area contributed by atoms with Crippen LogP contribution in [0.5, 0.6) is 17.2 Å². The summed E-state index contributed by atoms with van der Waals surface area (Å²) in [4.78, 5) is 35.7. The van der Waals surface area contributed by atoms with Crippen molar-refractivity contribution in [2.24, 2.45) is 0 Å². The Morgan fingerprint density at radius 3 is 2.38 bits per heavy atom. The highest BCUT2D eigenvalue weighted by Gasteiger charge is 2.47. The van der Waals surface area contributed by atoms with Gasteiger partial charge in [-0.25, -0.2) is 4.79 Å². The molecular weight excluding hydrogens is 282 g/mol. The van der Waals surface area contributed by atoms with Gasteiger partial charge in [0.1, 0.15) is 5.75 Å². The average molecular weight is 293 g/mol. The molecular formula is C13H11NO7. The Balaban J connectivity index is 2.32. The minimum absolute atomic E-state index is 0.0214. The number of nitrogen functional groups attached to an aromatic ring is 1. The van der Waals surface area contributed by atoms with E-state index in [1.54, 1.807) is 0 Å². The van der Waals surface area contributed by atoms with E-state index in [0.29, 0.717) is 0 Å². The Labute approximate surface area is 118 Å². The Morgan fingerprint density at radius 2 is 1.71 bits per heavy atom. The van der Waals surface area contributed by atoms with Gasteiger partial charge in [0.15, 0.2) is 17.1 Å². The van der Waals surface area contributed by atoms with Gasteiger partial charge in [-0.2, -0.15) is 0 Å². The Kier molecular flexibility index (Phi) is 2.67. The van der Waals surface area contributed by atoms with Gasteiger partial charge in [-0.05, 0) is 6.92 Å². The van der Waals surface area contributed by atoms with E-state index in [1.807, 2.05) is 0 Å². The van der Waals surface area contributed by atoms with Crippen molar-refractivity contribution in [2.75, 3.05) is 5.73 Å². The van der Waals surface area contributed by atoms with Gasteiger partial charge in [0, 0.05) is 11.6 Å². The smallest absolute Gasteiger partial charge is 0.344 e. The van der Waals surface area contributed by atoms with E-state index in [9.17, 15) is 19.5 Å². The first-order valence-corrected chi connectivity index (χ1v) is 6.09. The van der Waals surface area contributed by atoms with Crippen molar-refractivity contribution >= 4 is 23.6 Å². The number of anilines is 1. The predicted octanol–water partition coefficient (Wildman–Crippen LogP) is -0.168. The molecule has 0 saturated heterocycles. The van der Waals surface area contributed by atoms with Crippen molar-refractivity contribution in [3.63, 3.8) is 0 Å². The highest BCUT2D eigenvalue weighted by Crippen LogP contribution is 2.45. The lowest BCUT2D eigenvalue weighted by atomic mass is 9.95.